The maximum absolute atomic E-state index is 5.95. The van der Waals surface area contributed by atoms with Crippen LogP contribution in [-0.4, -0.2) is 16.5 Å². The number of thiazole rings is 1. The third-order valence-electron chi connectivity index (χ3n) is 1.95. The molecular formula is C10H10ClN3S. The zero-order valence-electron chi connectivity index (χ0n) is 7.98. The van der Waals surface area contributed by atoms with Crippen LogP contribution in [0.3, 0.4) is 0 Å². The van der Waals surface area contributed by atoms with E-state index in [4.69, 9.17) is 11.6 Å². The first-order valence-electron chi connectivity index (χ1n) is 4.57. The fourth-order valence-electron chi connectivity index (χ4n) is 1.20. The van der Waals surface area contributed by atoms with Crippen LogP contribution in [0, 0.1) is 0 Å². The predicted octanol–water partition coefficient (Wildman–Crippen LogP) is 2.85. The Hall–Kier alpha value is -1.13. The molecule has 0 radical (unpaired) electrons. The van der Waals surface area contributed by atoms with Crippen molar-refractivity contribution in [1.29, 1.82) is 0 Å². The summed E-state index contributed by atoms with van der Waals surface area (Å²) in [5.41, 5.74) is 3.87. The van der Waals surface area contributed by atoms with Crippen molar-refractivity contribution in [3.05, 3.63) is 40.1 Å². The van der Waals surface area contributed by atoms with Gasteiger partial charge >= 0.3 is 0 Å². The third-order valence-corrected chi connectivity index (χ3v) is 2.89. The maximum Gasteiger partial charge on any atom is 0.0820 e. The van der Waals surface area contributed by atoms with E-state index in [0.717, 1.165) is 24.3 Å². The van der Waals surface area contributed by atoms with Gasteiger partial charge in [0.05, 0.1) is 21.9 Å². The van der Waals surface area contributed by atoms with Crippen LogP contribution >= 0.6 is 22.9 Å². The summed E-state index contributed by atoms with van der Waals surface area (Å²) in [6, 6.07) is 1.86. The highest BCUT2D eigenvalue weighted by Crippen LogP contribution is 2.18. The summed E-state index contributed by atoms with van der Waals surface area (Å²) in [4.78, 5) is 8.12. The van der Waals surface area contributed by atoms with E-state index in [0.29, 0.717) is 5.02 Å². The molecule has 5 heteroatoms. The molecule has 3 nitrogen and oxygen atoms in total. The molecule has 1 N–H and O–H groups in total. The highest BCUT2D eigenvalue weighted by atomic mass is 35.5. The van der Waals surface area contributed by atoms with Gasteiger partial charge in [0.15, 0.2) is 0 Å². The number of halogens is 1. The van der Waals surface area contributed by atoms with E-state index in [2.05, 4.69) is 20.7 Å². The van der Waals surface area contributed by atoms with Gasteiger partial charge in [-0.2, -0.15) is 0 Å². The van der Waals surface area contributed by atoms with Crippen LogP contribution in [0.15, 0.2) is 29.4 Å². The highest BCUT2D eigenvalue weighted by molar-refractivity contribution is 7.07. The van der Waals surface area contributed by atoms with Gasteiger partial charge in [-0.25, -0.2) is 4.98 Å². The lowest BCUT2D eigenvalue weighted by atomic mass is 10.3. The van der Waals surface area contributed by atoms with Gasteiger partial charge in [-0.3, -0.25) is 4.98 Å². The molecule has 2 heterocycles. The van der Waals surface area contributed by atoms with Gasteiger partial charge in [0, 0.05) is 30.7 Å². The first kappa shape index (κ1) is 10.4. The molecule has 0 unspecified atom stereocenters. The van der Waals surface area contributed by atoms with Crippen molar-refractivity contribution in [3.63, 3.8) is 0 Å². The molecule has 0 saturated heterocycles. The van der Waals surface area contributed by atoms with Crippen LogP contribution < -0.4 is 5.32 Å². The van der Waals surface area contributed by atoms with Gasteiger partial charge in [-0.1, -0.05) is 11.6 Å². The SMILES string of the molecule is Clc1cnccc1NCCc1cscn1. The minimum atomic E-state index is 0.649. The van der Waals surface area contributed by atoms with Crippen molar-refractivity contribution in [3.8, 4) is 0 Å². The maximum atomic E-state index is 5.95. The van der Waals surface area contributed by atoms with E-state index in [-0.39, 0.29) is 0 Å². The number of hydrogen-bond acceptors (Lipinski definition) is 4. The minimum Gasteiger partial charge on any atom is -0.383 e. The summed E-state index contributed by atoms with van der Waals surface area (Å²) in [5, 5.41) is 5.94. The largest absolute Gasteiger partial charge is 0.383 e. The smallest absolute Gasteiger partial charge is 0.0820 e. The molecule has 2 rings (SSSR count). The number of pyridine rings is 1. The molecule has 0 saturated carbocycles. The minimum absolute atomic E-state index is 0.649. The van der Waals surface area contributed by atoms with Crippen molar-refractivity contribution in [2.45, 2.75) is 6.42 Å². The van der Waals surface area contributed by atoms with Crippen molar-refractivity contribution in [1.82, 2.24) is 9.97 Å². The van der Waals surface area contributed by atoms with Crippen LogP contribution in [0.5, 0.6) is 0 Å². The second kappa shape index (κ2) is 5.09. The molecule has 78 valence electrons. The molecule has 0 aromatic carbocycles. The van der Waals surface area contributed by atoms with Crippen molar-refractivity contribution < 1.29 is 0 Å². The summed E-state index contributed by atoms with van der Waals surface area (Å²) < 4.78 is 0. The summed E-state index contributed by atoms with van der Waals surface area (Å²) in [5.74, 6) is 0. The Labute approximate surface area is 97.2 Å². The first-order chi connectivity index (χ1) is 7.36. The topological polar surface area (TPSA) is 37.8 Å². The quantitative estimate of drug-likeness (QED) is 0.892. The van der Waals surface area contributed by atoms with Gasteiger partial charge < -0.3 is 5.32 Å². The van der Waals surface area contributed by atoms with Crippen molar-refractivity contribution >= 4 is 28.6 Å². The van der Waals surface area contributed by atoms with E-state index < -0.39 is 0 Å². The van der Waals surface area contributed by atoms with Gasteiger partial charge in [0.25, 0.3) is 0 Å². The Morgan fingerprint density at radius 1 is 1.47 bits per heavy atom. The number of nitrogens with zero attached hydrogens (tertiary/aromatic N) is 2. The average Bonchev–Trinajstić information content (AvgIpc) is 2.74. The molecule has 0 aliphatic heterocycles. The standard InChI is InChI=1S/C10H10ClN3S/c11-9-5-12-3-2-10(9)13-4-1-8-6-15-7-14-8/h2-3,5-7H,1,4H2,(H,12,13). The molecule has 0 atom stereocenters. The summed E-state index contributed by atoms with van der Waals surface area (Å²) >= 11 is 7.56. The van der Waals surface area contributed by atoms with Crippen LogP contribution in [0.1, 0.15) is 5.69 Å². The summed E-state index contributed by atoms with van der Waals surface area (Å²) in [7, 11) is 0. The summed E-state index contributed by atoms with van der Waals surface area (Å²) in [6.07, 6.45) is 4.26. The van der Waals surface area contributed by atoms with Gasteiger partial charge in [0.1, 0.15) is 0 Å². The lowest BCUT2D eigenvalue weighted by Gasteiger charge is -2.06. The zero-order chi connectivity index (χ0) is 10.5. The van der Waals surface area contributed by atoms with Crippen molar-refractivity contribution in [2.24, 2.45) is 0 Å². The van der Waals surface area contributed by atoms with E-state index in [1.165, 1.54) is 0 Å². The predicted molar refractivity (Wildman–Crippen MR) is 63.6 cm³/mol. The molecule has 0 aliphatic carbocycles. The number of aromatic nitrogens is 2. The fraction of sp³-hybridized carbons (Fsp3) is 0.200. The normalized spacial score (nSPS) is 10.2. The lowest BCUT2D eigenvalue weighted by molar-refractivity contribution is 0.976. The molecule has 0 amide bonds. The number of anilines is 1. The highest BCUT2D eigenvalue weighted by Gasteiger charge is 1.99. The van der Waals surface area contributed by atoms with Crippen LogP contribution in [-0.2, 0) is 6.42 Å². The van der Waals surface area contributed by atoms with E-state index in [9.17, 15) is 0 Å². The third kappa shape index (κ3) is 2.91. The molecule has 0 aliphatic rings. The molecule has 0 bridgehead atoms. The van der Waals surface area contributed by atoms with E-state index in [1.54, 1.807) is 23.7 Å². The van der Waals surface area contributed by atoms with E-state index in [1.807, 2.05) is 11.6 Å². The molecule has 0 spiro atoms. The van der Waals surface area contributed by atoms with Gasteiger partial charge in [0.2, 0.25) is 0 Å². The van der Waals surface area contributed by atoms with Gasteiger partial charge in [-0.05, 0) is 6.07 Å². The molecule has 2 aromatic rings. The summed E-state index contributed by atoms with van der Waals surface area (Å²) in [6.45, 7) is 0.827. The van der Waals surface area contributed by atoms with Crippen LogP contribution in [0.2, 0.25) is 5.02 Å². The Balaban J connectivity index is 1.86. The zero-order valence-corrected chi connectivity index (χ0v) is 9.55. The number of hydrogen-bond donors (Lipinski definition) is 1. The average molecular weight is 240 g/mol. The number of rotatable bonds is 4. The van der Waals surface area contributed by atoms with Crippen LogP contribution in [0.4, 0.5) is 5.69 Å². The molecule has 15 heavy (non-hydrogen) atoms. The Morgan fingerprint density at radius 3 is 3.13 bits per heavy atom. The van der Waals surface area contributed by atoms with E-state index >= 15 is 0 Å². The van der Waals surface area contributed by atoms with Crippen molar-refractivity contribution in [2.75, 3.05) is 11.9 Å². The molecular weight excluding hydrogens is 230 g/mol. The second-order valence-corrected chi connectivity index (χ2v) is 4.14. The first-order valence-corrected chi connectivity index (χ1v) is 5.89. The fourth-order valence-corrected chi connectivity index (χ4v) is 1.98. The Morgan fingerprint density at radius 2 is 2.40 bits per heavy atom. The monoisotopic (exact) mass is 239 g/mol. The lowest BCUT2D eigenvalue weighted by Crippen LogP contribution is -2.05. The molecule has 0 fully saturated rings. The number of nitrogens with one attached hydrogen (secondary N) is 1. The van der Waals surface area contributed by atoms with Crippen LogP contribution in [0.25, 0.3) is 0 Å². The van der Waals surface area contributed by atoms with Gasteiger partial charge in [-0.15, -0.1) is 11.3 Å². The Bertz CT molecular complexity index is 416. The Kier molecular flexibility index (Phi) is 3.53. The molecule has 2 aromatic heterocycles. The second-order valence-electron chi connectivity index (χ2n) is 3.01.